The van der Waals surface area contributed by atoms with Crippen molar-refractivity contribution in [3.8, 4) is 17.2 Å². The van der Waals surface area contributed by atoms with Crippen LogP contribution in [0.1, 0.15) is 11.1 Å². The fraction of sp³-hybridized carbons (Fsp3) is 0.158. The molecule has 0 atom stereocenters. The molecule has 0 unspecified atom stereocenters. The van der Waals surface area contributed by atoms with Gasteiger partial charge in [-0.25, -0.2) is 4.99 Å². The van der Waals surface area contributed by atoms with Crippen molar-refractivity contribution in [2.45, 2.75) is 0 Å². The van der Waals surface area contributed by atoms with Crippen LogP contribution in [-0.4, -0.2) is 33.1 Å². The Hall–Kier alpha value is -3.48. The molecule has 7 nitrogen and oxygen atoms in total. The van der Waals surface area contributed by atoms with E-state index in [9.17, 15) is 4.79 Å². The van der Waals surface area contributed by atoms with Crippen LogP contribution in [0, 0.1) is 0 Å². The summed E-state index contributed by atoms with van der Waals surface area (Å²) in [5.74, 6) is 1.71. The summed E-state index contributed by atoms with van der Waals surface area (Å²) in [5, 5.41) is 0. The van der Waals surface area contributed by atoms with Crippen LogP contribution in [0.4, 0.5) is 0 Å². The van der Waals surface area contributed by atoms with Gasteiger partial charge in [0.15, 0.2) is 17.3 Å². The van der Waals surface area contributed by atoms with Crippen molar-refractivity contribution in [3.05, 3.63) is 59.3 Å². The van der Waals surface area contributed by atoms with Crippen LogP contribution in [-0.2, 0) is 4.79 Å². The third kappa shape index (κ3) is 3.46. The number of rotatable bonds is 5. The van der Waals surface area contributed by atoms with Gasteiger partial charge in [0.25, 0.3) is 5.91 Å². The Morgan fingerprint density at radius 3 is 2.15 bits per heavy atom. The summed E-state index contributed by atoms with van der Waals surface area (Å²) >= 11 is 0. The Balaban J connectivity index is 2.04. The molecular weight excluding hydrogens is 334 g/mol. The number of hydrogen-bond donors (Lipinski definition) is 2. The highest BCUT2D eigenvalue weighted by Gasteiger charge is 2.19. The molecule has 3 rings (SSSR count). The summed E-state index contributed by atoms with van der Waals surface area (Å²) in [6, 6.07) is 13.0. The zero-order valence-electron chi connectivity index (χ0n) is 14.7. The fourth-order valence-corrected chi connectivity index (χ4v) is 2.55. The number of methoxy groups -OCH3 is 3. The molecule has 2 N–H and O–H groups in total. The molecule has 0 bridgehead atoms. The summed E-state index contributed by atoms with van der Waals surface area (Å²) in [4.78, 5) is 16.6. The van der Waals surface area contributed by atoms with Gasteiger partial charge in [-0.3, -0.25) is 15.6 Å². The van der Waals surface area contributed by atoms with E-state index in [1.54, 1.807) is 18.2 Å². The summed E-state index contributed by atoms with van der Waals surface area (Å²) in [6.07, 6.45) is 1.66. The largest absolute Gasteiger partial charge is 0.493 e. The predicted molar refractivity (Wildman–Crippen MR) is 98.3 cm³/mol. The molecule has 1 aliphatic rings. The number of hydrazine groups is 1. The lowest BCUT2D eigenvalue weighted by molar-refractivity contribution is -0.118. The van der Waals surface area contributed by atoms with Crippen molar-refractivity contribution in [1.29, 1.82) is 0 Å². The standard InChI is InChI=1S/C19H19N3O4/c1-24-15-10-12(11-16(25-2)17(15)26-3)9-14-19(23)22-21-18(20-14)13-7-5-4-6-8-13/h4-11H,1-3H3,(H,20,21)(H,22,23)/b14-9+. The highest BCUT2D eigenvalue weighted by Crippen LogP contribution is 2.38. The summed E-state index contributed by atoms with van der Waals surface area (Å²) < 4.78 is 16.0. The van der Waals surface area contributed by atoms with Gasteiger partial charge in [0.1, 0.15) is 5.70 Å². The van der Waals surface area contributed by atoms with Crippen molar-refractivity contribution in [3.63, 3.8) is 0 Å². The monoisotopic (exact) mass is 353 g/mol. The Labute approximate surface area is 151 Å². The van der Waals surface area contributed by atoms with Crippen LogP contribution >= 0.6 is 0 Å². The lowest BCUT2D eigenvalue weighted by Crippen LogP contribution is -2.46. The van der Waals surface area contributed by atoms with Gasteiger partial charge in [0.05, 0.1) is 21.3 Å². The summed E-state index contributed by atoms with van der Waals surface area (Å²) in [6.45, 7) is 0. The zero-order chi connectivity index (χ0) is 18.5. The molecule has 0 radical (unpaired) electrons. The molecule has 2 aromatic carbocycles. The number of carbonyl (C=O) groups is 1. The van der Waals surface area contributed by atoms with Crippen molar-refractivity contribution >= 4 is 17.8 Å². The van der Waals surface area contributed by atoms with Crippen molar-refractivity contribution in [2.75, 3.05) is 21.3 Å². The molecule has 0 spiro atoms. The Bertz CT molecular complexity index is 851. The lowest BCUT2D eigenvalue weighted by Gasteiger charge is -2.18. The molecule has 1 heterocycles. The second-order valence-corrected chi connectivity index (χ2v) is 5.39. The highest BCUT2D eigenvalue weighted by molar-refractivity contribution is 6.09. The molecule has 0 saturated heterocycles. The number of amides is 1. The van der Waals surface area contributed by atoms with E-state index in [4.69, 9.17) is 14.2 Å². The topological polar surface area (TPSA) is 81.2 Å². The predicted octanol–water partition coefficient (Wildman–Crippen LogP) is 2.13. The second kappa shape index (κ2) is 7.60. The zero-order valence-corrected chi connectivity index (χ0v) is 14.7. The summed E-state index contributed by atoms with van der Waals surface area (Å²) in [7, 11) is 4.61. The lowest BCUT2D eigenvalue weighted by atomic mass is 10.1. The van der Waals surface area contributed by atoms with E-state index in [2.05, 4.69) is 15.8 Å². The Morgan fingerprint density at radius 1 is 0.923 bits per heavy atom. The van der Waals surface area contributed by atoms with Gasteiger partial charge in [0, 0.05) is 5.56 Å². The average molecular weight is 353 g/mol. The van der Waals surface area contributed by atoms with E-state index in [1.165, 1.54) is 21.3 Å². The normalized spacial score (nSPS) is 15.0. The number of nitrogens with one attached hydrogen (secondary N) is 2. The number of amidine groups is 1. The van der Waals surface area contributed by atoms with Gasteiger partial charge in [-0.2, -0.15) is 0 Å². The molecule has 0 aliphatic carbocycles. The van der Waals surface area contributed by atoms with E-state index in [-0.39, 0.29) is 11.6 Å². The molecule has 0 fully saturated rings. The third-order valence-corrected chi connectivity index (χ3v) is 3.80. The third-order valence-electron chi connectivity index (χ3n) is 3.80. The molecule has 0 aromatic heterocycles. The second-order valence-electron chi connectivity index (χ2n) is 5.39. The van der Waals surface area contributed by atoms with E-state index in [0.29, 0.717) is 28.6 Å². The first-order valence-corrected chi connectivity index (χ1v) is 7.88. The fourth-order valence-electron chi connectivity index (χ4n) is 2.55. The number of ether oxygens (including phenoxy) is 3. The number of hydrogen-bond acceptors (Lipinski definition) is 6. The molecule has 0 saturated carbocycles. The first-order chi connectivity index (χ1) is 12.7. The van der Waals surface area contributed by atoms with Gasteiger partial charge < -0.3 is 14.2 Å². The number of carbonyl (C=O) groups excluding carboxylic acids is 1. The van der Waals surface area contributed by atoms with Gasteiger partial charge in [-0.1, -0.05) is 30.3 Å². The van der Waals surface area contributed by atoms with Gasteiger partial charge in [0.2, 0.25) is 5.75 Å². The van der Waals surface area contributed by atoms with E-state index in [0.717, 1.165) is 5.56 Å². The van der Waals surface area contributed by atoms with Gasteiger partial charge >= 0.3 is 0 Å². The number of aliphatic imine (C=N–C) groups is 1. The molecule has 7 heteroatoms. The Morgan fingerprint density at radius 2 is 1.58 bits per heavy atom. The van der Waals surface area contributed by atoms with E-state index in [1.807, 2.05) is 30.3 Å². The maximum Gasteiger partial charge on any atom is 0.288 e. The van der Waals surface area contributed by atoms with Crippen LogP contribution in [0.5, 0.6) is 17.2 Å². The SMILES string of the molecule is COc1cc(/C=C2/N=C(c3ccccc3)NNC2=O)cc(OC)c1OC. The van der Waals surface area contributed by atoms with Crippen LogP contribution in [0.25, 0.3) is 6.08 Å². The maximum atomic E-state index is 12.2. The van der Waals surface area contributed by atoms with Gasteiger partial charge in [-0.15, -0.1) is 0 Å². The minimum absolute atomic E-state index is 0.261. The molecule has 134 valence electrons. The summed E-state index contributed by atoms with van der Waals surface area (Å²) in [5.41, 5.74) is 7.23. The van der Waals surface area contributed by atoms with Crippen LogP contribution in [0.15, 0.2) is 53.2 Å². The van der Waals surface area contributed by atoms with Crippen LogP contribution in [0.2, 0.25) is 0 Å². The average Bonchev–Trinajstić information content (AvgIpc) is 2.69. The molecule has 1 aliphatic heterocycles. The van der Waals surface area contributed by atoms with E-state index >= 15 is 0 Å². The van der Waals surface area contributed by atoms with Crippen molar-refractivity contribution in [1.82, 2.24) is 10.9 Å². The molecule has 1 amide bonds. The number of nitrogens with zero attached hydrogens (tertiary/aromatic N) is 1. The van der Waals surface area contributed by atoms with Crippen LogP contribution in [0.3, 0.4) is 0 Å². The van der Waals surface area contributed by atoms with Crippen LogP contribution < -0.4 is 25.1 Å². The quantitative estimate of drug-likeness (QED) is 0.805. The highest BCUT2D eigenvalue weighted by atomic mass is 16.5. The number of benzene rings is 2. The molecule has 26 heavy (non-hydrogen) atoms. The molecular formula is C19H19N3O4. The first-order valence-electron chi connectivity index (χ1n) is 7.88. The van der Waals surface area contributed by atoms with Gasteiger partial charge in [-0.05, 0) is 23.8 Å². The van der Waals surface area contributed by atoms with Crippen molar-refractivity contribution < 1.29 is 19.0 Å². The smallest absolute Gasteiger partial charge is 0.288 e. The Kier molecular flexibility index (Phi) is 5.07. The van der Waals surface area contributed by atoms with E-state index < -0.39 is 0 Å². The first kappa shape index (κ1) is 17.3. The minimum Gasteiger partial charge on any atom is -0.493 e. The molecule has 2 aromatic rings. The van der Waals surface area contributed by atoms with Crippen molar-refractivity contribution in [2.24, 2.45) is 4.99 Å². The minimum atomic E-state index is -0.335. The maximum absolute atomic E-state index is 12.2.